The molecule has 2 aromatic carbocycles. The zero-order chi connectivity index (χ0) is 23.8. The van der Waals surface area contributed by atoms with Crippen LogP contribution in [0, 0.1) is 5.82 Å². The second-order valence-electron chi connectivity index (χ2n) is 8.30. The van der Waals surface area contributed by atoms with Gasteiger partial charge < -0.3 is 14.5 Å². The molecule has 7 heteroatoms. The van der Waals surface area contributed by atoms with Crippen LogP contribution in [0.15, 0.2) is 60.8 Å². The first-order chi connectivity index (χ1) is 15.9. The number of rotatable bonds is 10. The minimum absolute atomic E-state index is 0.105. The first-order valence-electron chi connectivity index (χ1n) is 11.2. The van der Waals surface area contributed by atoms with E-state index in [2.05, 4.69) is 21.8 Å². The fourth-order valence-corrected chi connectivity index (χ4v) is 3.55. The molecule has 0 N–H and O–H groups in total. The van der Waals surface area contributed by atoms with Crippen LogP contribution in [0.2, 0.25) is 0 Å². The number of hydrogen-bond donors (Lipinski definition) is 0. The molecule has 0 radical (unpaired) electrons. The fourth-order valence-electron chi connectivity index (χ4n) is 3.55. The summed E-state index contributed by atoms with van der Waals surface area (Å²) in [6.45, 7) is 3.05. The molecule has 0 saturated carbocycles. The Kier molecular flexibility index (Phi) is 8.49. The third-order valence-corrected chi connectivity index (χ3v) is 5.44. The molecule has 0 aliphatic rings. The van der Waals surface area contributed by atoms with E-state index in [1.807, 2.05) is 33.3 Å². The molecule has 1 atom stereocenters. The summed E-state index contributed by atoms with van der Waals surface area (Å²) in [4.78, 5) is 26.0. The highest BCUT2D eigenvalue weighted by Gasteiger charge is 2.22. The van der Waals surface area contributed by atoms with E-state index in [-0.39, 0.29) is 17.8 Å². The maximum Gasteiger partial charge on any atom is 0.272 e. The highest BCUT2D eigenvalue weighted by Crippen LogP contribution is 2.25. The van der Waals surface area contributed by atoms with Crippen molar-refractivity contribution in [3.05, 3.63) is 72.3 Å². The molecule has 0 spiro atoms. The number of amides is 1. The highest BCUT2D eigenvalue weighted by atomic mass is 19.1. The first-order valence-corrected chi connectivity index (χ1v) is 11.2. The molecule has 0 bridgehead atoms. The SMILES string of the molecule is CCCC(CCN(C)C)N(C)C(=O)c1ccnc(-c2ccc(Oc3ccc(F)cc3)cc2)n1. The van der Waals surface area contributed by atoms with Gasteiger partial charge in [0.2, 0.25) is 0 Å². The summed E-state index contributed by atoms with van der Waals surface area (Å²) in [6, 6.07) is 14.9. The predicted molar refractivity (Wildman–Crippen MR) is 128 cm³/mol. The topological polar surface area (TPSA) is 58.6 Å². The van der Waals surface area contributed by atoms with E-state index in [4.69, 9.17) is 4.74 Å². The number of halogens is 1. The minimum Gasteiger partial charge on any atom is -0.457 e. The summed E-state index contributed by atoms with van der Waals surface area (Å²) in [7, 11) is 5.93. The van der Waals surface area contributed by atoms with Gasteiger partial charge in [0.15, 0.2) is 5.82 Å². The second kappa shape index (κ2) is 11.5. The van der Waals surface area contributed by atoms with E-state index in [0.717, 1.165) is 31.4 Å². The Labute approximate surface area is 195 Å². The lowest BCUT2D eigenvalue weighted by atomic mass is 10.1. The molecule has 0 aliphatic carbocycles. The molecule has 0 aliphatic heterocycles. The van der Waals surface area contributed by atoms with Crippen molar-refractivity contribution in [3.8, 4) is 22.9 Å². The number of nitrogens with zero attached hydrogens (tertiary/aromatic N) is 4. The number of carbonyl (C=O) groups is 1. The number of hydrogen-bond acceptors (Lipinski definition) is 5. The van der Waals surface area contributed by atoms with Crippen LogP contribution in [0.4, 0.5) is 4.39 Å². The van der Waals surface area contributed by atoms with E-state index < -0.39 is 0 Å². The van der Waals surface area contributed by atoms with Crippen molar-refractivity contribution < 1.29 is 13.9 Å². The number of carbonyl (C=O) groups excluding carboxylic acids is 1. The number of benzene rings is 2. The summed E-state index contributed by atoms with van der Waals surface area (Å²) in [5, 5.41) is 0. The molecule has 6 nitrogen and oxygen atoms in total. The van der Waals surface area contributed by atoms with E-state index in [1.165, 1.54) is 12.1 Å². The predicted octanol–water partition coefficient (Wildman–Crippen LogP) is 5.27. The van der Waals surface area contributed by atoms with Crippen LogP contribution in [-0.4, -0.2) is 59.4 Å². The highest BCUT2D eigenvalue weighted by molar-refractivity contribution is 5.92. The summed E-state index contributed by atoms with van der Waals surface area (Å²) in [5.41, 5.74) is 1.15. The lowest BCUT2D eigenvalue weighted by Gasteiger charge is -2.29. The molecular weight excluding hydrogens is 419 g/mol. The zero-order valence-corrected chi connectivity index (χ0v) is 19.7. The van der Waals surface area contributed by atoms with Crippen molar-refractivity contribution in [2.24, 2.45) is 0 Å². The van der Waals surface area contributed by atoms with Gasteiger partial charge >= 0.3 is 0 Å². The number of aromatic nitrogens is 2. The Bertz CT molecular complexity index is 1040. The van der Waals surface area contributed by atoms with Crippen LogP contribution in [0.25, 0.3) is 11.4 Å². The normalized spacial score (nSPS) is 11.9. The zero-order valence-electron chi connectivity index (χ0n) is 19.7. The van der Waals surface area contributed by atoms with E-state index in [0.29, 0.717) is 23.0 Å². The van der Waals surface area contributed by atoms with E-state index in [1.54, 1.807) is 41.4 Å². The summed E-state index contributed by atoms with van der Waals surface area (Å²) in [5.74, 6) is 1.22. The standard InChI is InChI=1S/C26H31FN4O2/c1-5-6-21(16-18-30(2)3)31(4)26(32)24-15-17-28-25(29-24)19-7-11-22(12-8-19)33-23-13-9-20(27)10-14-23/h7-15,17,21H,5-6,16,18H2,1-4H3. The minimum atomic E-state index is -0.311. The van der Waals surface area contributed by atoms with Gasteiger partial charge in [0.05, 0.1) is 0 Å². The third kappa shape index (κ3) is 6.83. The van der Waals surface area contributed by atoms with Crippen LogP contribution < -0.4 is 4.74 Å². The maximum atomic E-state index is 13.1. The molecule has 174 valence electrons. The molecule has 1 heterocycles. The van der Waals surface area contributed by atoms with Crippen LogP contribution in [0.5, 0.6) is 11.5 Å². The molecule has 1 unspecified atom stereocenters. The average molecular weight is 451 g/mol. The average Bonchev–Trinajstić information content (AvgIpc) is 2.83. The Balaban J connectivity index is 1.72. The Hall–Kier alpha value is -3.32. The van der Waals surface area contributed by atoms with Crippen LogP contribution >= 0.6 is 0 Å². The van der Waals surface area contributed by atoms with Crippen molar-refractivity contribution in [3.63, 3.8) is 0 Å². The van der Waals surface area contributed by atoms with Gasteiger partial charge in [-0.25, -0.2) is 14.4 Å². The van der Waals surface area contributed by atoms with Gasteiger partial charge in [-0.15, -0.1) is 0 Å². The van der Waals surface area contributed by atoms with Gasteiger partial charge in [0, 0.05) is 24.8 Å². The molecular formula is C26H31FN4O2. The monoisotopic (exact) mass is 450 g/mol. The lowest BCUT2D eigenvalue weighted by molar-refractivity contribution is 0.0702. The molecule has 0 fully saturated rings. The molecule has 1 amide bonds. The van der Waals surface area contributed by atoms with Gasteiger partial charge in [-0.2, -0.15) is 0 Å². The van der Waals surface area contributed by atoms with Crippen molar-refractivity contribution in [2.45, 2.75) is 32.2 Å². The van der Waals surface area contributed by atoms with Gasteiger partial charge in [-0.3, -0.25) is 4.79 Å². The quantitative estimate of drug-likeness (QED) is 0.421. The maximum absolute atomic E-state index is 13.1. The first kappa shape index (κ1) is 24.3. The van der Waals surface area contributed by atoms with Gasteiger partial charge in [-0.1, -0.05) is 13.3 Å². The smallest absolute Gasteiger partial charge is 0.272 e. The Morgan fingerprint density at radius 1 is 0.970 bits per heavy atom. The molecule has 3 aromatic rings. The van der Waals surface area contributed by atoms with Gasteiger partial charge in [0.1, 0.15) is 23.0 Å². The number of ether oxygens (including phenoxy) is 1. The Morgan fingerprint density at radius 3 is 2.21 bits per heavy atom. The Morgan fingerprint density at radius 2 is 1.61 bits per heavy atom. The van der Waals surface area contributed by atoms with Crippen molar-refractivity contribution in [1.29, 1.82) is 0 Å². The second-order valence-corrected chi connectivity index (χ2v) is 8.30. The van der Waals surface area contributed by atoms with Crippen molar-refractivity contribution in [2.75, 3.05) is 27.7 Å². The molecule has 3 rings (SSSR count). The molecule has 0 saturated heterocycles. The van der Waals surface area contributed by atoms with Crippen LogP contribution in [0.1, 0.15) is 36.7 Å². The van der Waals surface area contributed by atoms with E-state index >= 15 is 0 Å². The van der Waals surface area contributed by atoms with E-state index in [9.17, 15) is 9.18 Å². The summed E-state index contributed by atoms with van der Waals surface area (Å²) >= 11 is 0. The van der Waals surface area contributed by atoms with Crippen LogP contribution in [0.3, 0.4) is 0 Å². The third-order valence-electron chi connectivity index (χ3n) is 5.44. The van der Waals surface area contributed by atoms with Crippen LogP contribution in [-0.2, 0) is 0 Å². The molecule has 33 heavy (non-hydrogen) atoms. The van der Waals surface area contributed by atoms with Crippen molar-refractivity contribution >= 4 is 5.91 Å². The fraction of sp³-hybridized carbons (Fsp3) is 0.346. The lowest BCUT2D eigenvalue weighted by Crippen LogP contribution is -2.39. The molecule has 1 aromatic heterocycles. The summed E-state index contributed by atoms with van der Waals surface area (Å²) in [6.07, 6.45) is 4.48. The van der Waals surface area contributed by atoms with Crippen molar-refractivity contribution in [1.82, 2.24) is 19.8 Å². The van der Waals surface area contributed by atoms with Gasteiger partial charge in [-0.05, 0) is 88.1 Å². The van der Waals surface area contributed by atoms with Gasteiger partial charge in [0.25, 0.3) is 5.91 Å². The summed E-state index contributed by atoms with van der Waals surface area (Å²) < 4.78 is 18.8. The largest absolute Gasteiger partial charge is 0.457 e.